The van der Waals surface area contributed by atoms with Crippen molar-refractivity contribution < 1.29 is 0 Å². The number of benzene rings is 10. The van der Waals surface area contributed by atoms with Crippen LogP contribution >= 0.6 is 0 Å². The average molecular weight is 912 g/mol. The minimum absolute atomic E-state index is 0.845. The molecule has 0 spiro atoms. The zero-order chi connectivity index (χ0) is 45.9. The second-order valence-electron chi connectivity index (χ2n) is 18.2. The summed E-state index contributed by atoms with van der Waals surface area (Å²) in [6, 6.07) is 90.9. The Morgan fingerprint density at radius 3 is 1.21 bits per heavy atom. The molecule has 70 heavy (non-hydrogen) atoms. The SMILES string of the molecule is c1ccc([Si](c2ccccc2)(c2ccccc2)c2cccc(-n3c4ccccc4c4cc(-n5c6ccccc6n6c7ccccc7nc56)c(-n5c6ccccc6n6c7ccccc7nc56)cc43)c2)cc1. The van der Waals surface area contributed by atoms with E-state index in [1.807, 2.05) is 0 Å². The Kier molecular flexibility index (Phi) is 8.25. The van der Waals surface area contributed by atoms with E-state index in [1.165, 1.54) is 26.1 Å². The lowest BCUT2D eigenvalue weighted by Gasteiger charge is -2.34. The molecule has 15 aromatic rings. The Balaban J connectivity index is 1.09. The molecule has 8 heteroatoms. The molecule has 0 aliphatic carbocycles. The highest BCUT2D eigenvalue weighted by molar-refractivity contribution is 7.19. The zero-order valence-corrected chi connectivity index (χ0v) is 38.8. The van der Waals surface area contributed by atoms with Crippen molar-refractivity contribution in [3.05, 3.63) is 249 Å². The molecule has 7 nitrogen and oxygen atoms in total. The summed E-state index contributed by atoms with van der Waals surface area (Å²) in [5.74, 6) is 1.70. The van der Waals surface area contributed by atoms with Crippen LogP contribution in [0.1, 0.15) is 0 Å². The summed E-state index contributed by atoms with van der Waals surface area (Å²) in [4.78, 5) is 10.8. The Hall–Kier alpha value is -9.24. The van der Waals surface area contributed by atoms with Crippen molar-refractivity contribution in [1.29, 1.82) is 0 Å². The number of fused-ring (bicyclic) bond motifs is 13. The molecule has 0 fully saturated rings. The van der Waals surface area contributed by atoms with Crippen LogP contribution in [0.15, 0.2) is 249 Å². The van der Waals surface area contributed by atoms with E-state index >= 15 is 0 Å². The molecule has 0 radical (unpaired) electrons. The first kappa shape index (κ1) is 38.8. The van der Waals surface area contributed by atoms with Gasteiger partial charge in [-0.15, -0.1) is 0 Å². The minimum Gasteiger partial charge on any atom is -0.309 e. The second-order valence-corrected chi connectivity index (χ2v) is 22.0. The molecule has 5 aromatic heterocycles. The van der Waals surface area contributed by atoms with Crippen LogP contribution in [-0.2, 0) is 0 Å². The summed E-state index contributed by atoms with van der Waals surface area (Å²) in [5, 5.41) is 7.64. The van der Waals surface area contributed by atoms with E-state index in [0.29, 0.717) is 0 Å². The first-order valence-corrected chi connectivity index (χ1v) is 25.8. The fourth-order valence-electron chi connectivity index (χ4n) is 11.7. The van der Waals surface area contributed by atoms with Crippen molar-refractivity contribution in [2.24, 2.45) is 0 Å². The first-order valence-electron chi connectivity index (χ1n) is 23.8. The number of imidazole rings is 4. The van der Waals surface area contributed by atoms with E-state index in [4.69, 9.17) is 9.97 Å². The summed E-state index contributed by atoms with van der Waals surface area (Å²) in [6.07, 6.45) is 0. The van der Waals surface area contributed by atoms with E-state index in [2.05, 4.69) is 271 Å². The lowest BCUT2D eigenvalue weighted by Crippen LogP contribution is -2.74. The molecule has 0 bridgehead atoms. The fourth-order valence-corrected chi connectivity index (χ4v) is 16.5. The maximum atomic E-state index is 5.43. The van der Waals surface area contributed by atoms with Gasteiger partial charge < -0.3 is 4.57 Å². The van der Waals surface area contributed by atoms with Crippen LogP contribution in [0.25, 0.3) is 94.6 Å². The smallest absolute Gasteiger partial charge is 0.220 e. The van der Waals surface area contributed by atoms with Gasteiger partial charge >= 0.3 is 0 Å². The molecule has 0 atom stereocenters. The minimum atomic E-state index is -2.86. The molecule has 0 saturated heterocycles. The third-order valence-corrected chi connectivity index (χ3v) is 19.4. The fraction of sp³-hybridized carbons (Fsp3) is 0. The van der Waals surface area contributed by atoms with Crippen LogP contribution in [0.4, 0.5) is 0 Å². The number of aromatic nitrogens is 7. The van der Waals surface area contributed by atoms with Gasteiger partial charge in [0, 0.05) is 16.5 Å². The molecular formula is C62H41N7Si. The van der Waals surface area contributed by atoms with Gasteiger partial charge in [0.2, 0.25) is 11.6 Å². The highest BCUT2D eigenvalue weighted by Crippen LogP contribution is 2.41. The molecule has 0 unspecified atom stereocenters. The number of nitrogens with zero attached hydrogens (tertiary/aromatic N) is 7. The number of para-hydroxylation sites is 9. The number of rotatable bonds is 7. The van der Waals surface area contributed by atoms with Crippen LogP contribution < -0.4 is 20.7 Å². The molecule has 10 aromatic carbocycles. The lowest BCUT2D eigenvalue weighted by molar-refractivity contribution is 1.04. The number of hydrogen-bond donors (Lipinski definition) is 0. The van der Waals surface area contributed by atoms with E-state index in [0.717, 1.165) is 89.2 Å². The van der Waals surface area contributed by atoms with Crippen molar-refractivity contribution in [2.75, 3.05) is 0 Å². The Morgan fingerprint density at radius 2 is 0.686 bits per heavy atom. The Morgan fingerprint density at radius 1 is 0.271 bits per heavy atom. The van der Waals surface area contributed by atoms with E-state index in [1.54, 1.807) is 0 Å². The summed E-state index contributed by atoms with van der Waals surface area (Å²) >= 11 is 0. The van der Waals surface area contributed by atoms with Gasteiger partial charge in [-0.05, 0) is 99.6 Å². The van der Waals surface area contributed by atoms with Crippen molar-refractivity contribution in [2.45, 2.75) is 0 Å². The van der Waals surface area contributed by atoms with Crippen molar-refractivity contribution >= 4 is 106 Å². The lowest BCUT2D eigenvalue weighted by atomic mass is 10.1. The highest BCUT2D eigenvalue weighted by Gasteiger charge is 2.41. The largest absolute Gasteiger partial charge is 0.309 e. The topological polar surface area (TPSA) is 49.4 Å². The van der Waals surface area contributed by atoms with Gasteiger partial charge in [0.1, 0.15) is 0 Å². The molecule has 0 N–H and O–H groups in total. The van der Waals surface area contributed by atoms with Gasteiger partial charge in [-0.1, -0.05) is 170 Å². The third-order valence-electron chi connectivity index (χ3n) is 14.6. The Labute approximate surface area is 402 Å². The standard InChI is InChI=1S/C62H41N7Si/c1-4-22-43(23-5-1)70(44-24-6-2-7-25-44,45-26-8-3-9-27-45)46-28-20-21-42(39-46)65-51-32-13-10-29-47(51)48-40-59(68-56-37-18-16-35-54(56)66-52-33-14-11-30-49(52)63-61(66)68)60(41-58(48)65)69-57-38-19-17-36-55(57)67-53-34-15-12-31-50(53)64-62(67)69/h1-41H. The molecular weight excluding hydrogens is 871 g/mol. The predicted octanol–water partition coefficient (Wildman–Crippen LogP) is 11.7. The van der Waals surface area contributed by atoms with E-state index in [9.17, 15) is 0 Å². The van der Waals surface area contributed by atoms with Gasteiger partial charge in [0.25, 0.3) is 0 Å². The van der Waals surface area contributed by atoms with E-state index in [-0.39, 0.29) is 0 Å². The van der Waals surface area contributed by atoms with Crippen LogP contribution in [0.2, 0.25) is 0 Å². The number of hydrogen-bond acceptors (Lipinski definition) is 2. The van der Waals surface area contributed by atoms with Gasteiger partial charge in [-0.25, -0.2) is 9.97 Å². The second kappa shape index (κ2) is 14.9. The summed E-state index contributed by atoms with van der Waals surface area (Å²) in [6.45, 7) is 0. The molecule has 0 amide bonds. The van der Waals surface area contributed by atoms with Crippen molar-refractivity contribution in [1.82, 2.24) is 32.5 Å². The molecule has 0 saturated carbocycles. The quantitative estimate of drug-likeness (QED) is 0.118. The molecule has 0 aliphatic rings. The van der Waals surface area contributed by atoms with Gasteiger partial charge in [0.05, 0.1) is 66.5 Å². The van der Waals surface area contributed by atoms with Gasteiger partial charge in [-0.2, -0.15) is 0 Å². The van der Waals surface area contributed by atoms with Gasteiger partial charge in [-0.3, -0.25) is 17.9 Å². The monoisotopic (exact) mass is 911 g/mol. The third kappa shape index (κ3) is 5.33. The van der Waals surface area contributed by atoms with Gasteiger partial charge in [0.15, 0.2) is 8.07 Å². The summed E-state index contributed by atoms with van der Waals surface area (Å²) < 4.78 is 11.8. The molecule has 5 heterocycles. The normalized spacial score (nSPS) is 12.3. The highest BCUT2D eigenvalue weighted by atomic mass is 28.3. The molecule has 0 aliphatic heterocycles. The predicted molar refractivity (Wildman–Crippen MR) is 291 cm³/mol. The summed E-state index contributed by atoms with van der Waals surface area (Å²) in [7, 11) is -2.86. The van der Waals surface area contributed by atoms with Crippen LogP contribution in [0.5, 0.6) is 0 Å². The zero-order valence-electron chi connectivity index (χ0n) is 37.8. The first-order chi connectivity index (χ1) is 34.8. The summed E-state index contributed by atoms with van der Waals surface area (Å²) in [5.41, 5.74) is 13.7. The average Bonchev–Trinajstić information content (AvgIpc) is 4.23. The van der Waals surface area contributed by atoms with Crippen molar-refractivity contribution in [3.63, 3.8) is 0 Å². The molecule has 15 rings (SSSR count). The maximum Gasteiger partial charge on any atom is 0.220 e. The van der Waals surface area contributed by atoms with E-state index < -0.39 is 8.07 Å². The maximum absolute atomic E-state index is 5.43. The van der Waals surface area contributed by atoms with Crippen LogP contribution in [0, 0.1) is 0 Å². The van der Waals surface area contributed by atoms with Crippen molar-refractivity contribution in [3.8, 4) is 17.1 Å². The van der Waals surface area contributed by atoms with Crippen LogP contribution in [0.3, 0.4) is 0 Å². The molecule has 328 valence electrons. The van der Waals surface area contributed by atoms with Crippen LogP contribution in [-0.4, -0.2) is 40.5 Å². The Bertz CT molecular complexity index is 4440.